The minimum absolute atomic E-state index is 0.00660. The fraction of sp³-hybridized carbons (Fsp3) is 0.821. The summed E-state index contributed by atoms with van der Waals surface area (Å²) in [5.41, 5.74) is 2.17. The van der Waals surface area contributed by atoms with Crippen LogP contribution in [0.2, 0.25) is 0 Å². The van der Waals surface area contributed by atoms with Gasteiger partial charge in [-0.05, 0) is 104 Å². The summed E-state index contributed by atoms with van der Waals surface area (Å²) in [6.45, 7) is 7.51. The zero-order valence-electron chi connectivity index (χ0n) is 20.3. The Morgan fingerprint density at radius 3 is 2.72 bits per heavy atom. The highest BCUT2D eigenvalue weighted by molar-refractivity contribution is 5.26. The van der Waals surface area contributed by atoms with Gasteiger partial charge in [-0.15, -0.1) is 0 Å². The van der Waals surface area contributed by atoms with Crippen LogP contribution in [0.4, 0.5) is 0 Å². The lowest BCUT2D eigenvalue weighted by Crippen LogP contribution is -2.57. The van der Waals surface area contributed by atoms with Crippen LogP contribution in [0.5, 0.6) is 5.75 Å². The number of rotatable bonds is 5. The molecular formula is C28H41NO3. The zero-order chi connectivity index (χ0) is 22.3. The van der Waals surface area contributed by atoms with Gasteiger partial charge in [0.15, 0.2) is 0 Å². The molecule has 0 amide bonds. The first-order valence-electron chi connectivity index (χ1n) is 13.1. The van der Waals surface area contributed by atoms with Crippen molar-refractivity contribution in [1.82, 2.24) is 4.98 Å². The summed E-state index contributed by atoms with van der Waals surface area (Å²) < 4.78 is 12.7. The molecule has 0 aliphatic heterocycles. The third kappa shape index (κ3) is 2.66. The number of ether oxygens (including phenoxy) is 2. The fourth-order valence-corrected chi connectivity index (χ4v) is 10.3. The molecule has 1 N–H and O–H groups in total. The van der Waals surface area contributed by atoms with Gasteiger partial charge in [-0.1, -0.05) is 13.8 Å². The van der Waals surface area contributed by atoms with E-state index in [1.165, 1.54) is 51.4 Å². The van der Waals surface area contributed by atoms with E-state index in [9.17, 15) is 5.11 Å². The molecule has 4 heteroatoms. The molecule has 0 radical (unpaired) electrons. The first kappa shape index (κ1) is 21.4. The maximum atomic E-state index is 9.46. The normalized spacial score (nSPS) is 49.5. The first-order chi connectivity index (χ1) is 15.4. The van der Waals surface area contributed by atoms with Crippen molar-refractivity contribution in [3.8, 4) is 5.75 Å². The predicted octanol–water partition coefficient (Wildman–Crippen LogP) is 5.63. The van der Waals surface area contributed by atoms with Crippen LogP contribution >= 0.6 is 0 Å². The lowest BCUT2D eigenvalue weighted by Gasteiger charge is -2.61. The van der Waals surface area contributed by atoms with Gasteiger partial charge in [0.1, 0.15) is 5.75 Å². The third-order valence-electron chi connectivity index (χ3n) is 11.7. The van der Waals surface area contributed by atoms with E-state index < -0.39 is 0 Å². The van der Waals surface area contributed by atoms with Crippen LogP contribution in [-0.4, -0.2) is 29.4 Å². The highest BCUT2D eigenvalue weighted by atomic mass is 16.5. The zero-order valence-corrected chi connectivity index (χ0v) is 20.3. The van der Waals surface area contributed by atoms with Crippen molar-refractivity contribution in [2.24, 2.45) is 45.8 Å². The lowest BCUT2D eigenvalue weighted by atomic mass is 9.45. The van der Waals surface area contributed by atoms with Gasteiger partial charge in [-0.3, -0.25) is 4.98 Å². The average Bonchev–Trinajstić information content (AvgIpc) is 3.29. The largest absolute Gasteiger partial charge is 0.489 e. The maximum absolute atomic E-state index is 9.46. The van der Waals surface area contributed by atoms with Crippen LogP contribution in [0, 0.1) is 45.8 Å². The Bertz CT molecular complexity index is 889. The Balaban J connectivity index is 1.24. The number of nitrogens with zero attached hydrogens (tertiary/aromatic N) is 1. The highest BCUT2D eigenvalue weighted by Gasteiger charge is 2.77. The van der Waals surface area contributed by atoms with Crippen molar-refractivity contribution < 1.29 is 14.6 Å². The molecule has 0 bridgehead atoms. The van der Waals surface area contributed by atoms with Crippen LogP contribution in [0.25, 0.3) is 0 Å². The standard InChI is InChI=1S/C28H41NO3/c1-17(32-20-11-18(16-30)14-29-15-20)22-5-6-23-21-12-25(31-4)28-13-19(28)7-10-27(28,3)24(21)8-9-26(22,23)2/h11,14-15,17,19,21-25,30H,5-10,12-13,16H2,1-4H3/t17-,19+,21-,22+,23-,24-,25?,26+,27+,28?/m0/s1. The van der Waals surface area contributed by atoms with Gasteiger partial charge >= 0.3 is 0 Å². The van der Waals surface area contributed by atoms with E-state index in [2.05, 4.69) is 25.8 Å². The van der Waals surface area contributed by atoms with Gasteiger partial charge < -0.3 is 14.6 Å². The Hall–Kier alpha value is -1.13. The summed E-state index contributed by atoms with van der Waals surface area (Å²) in [5.74, 6) is 4.81. The quantitative estimate of drug-likeness (QED) is 0.646. The number of aromatic nitrogens is 1. The van der Waals surface area contributed by atoms with Crippen molar-refractivity contribution in [2.75, 3.05) is 7.11 Å². The van der Waals surface area contributed by atoms with E-state index in [1.54, 1.807) is 12.4 Å². The van der Waals surface area contributed by atoms with E-state index in [0.29, 0.717) is 28.3 Å². The second-order valence-electron chi connectivity index (χ2n) is 12.5. The van der Waals surface area contributed by atoms with E-state index >= 15 is 0 Å². The Kier molecular flexibility index (Phi) is 4.81. The van der Waals surface area contributed by atoms with Crippen LogP contribution in [0.1, 0.15) is 77.7 Å². The molecule has 0 saturated heterocycles. The molecule has 6 rings (SSSR count). The third-order valence-corrected chi connectivity index (χ3v) is 11.7. The van der Waals surface area contributed by atoms with E-state index in [-0.39, 0.29) is 12.7 Å². The molecule has 1 spiro atoms. The van der Waals surface area contributed by atoms with Crippen LogP contribution in [0.15, 0.2) is 18.5 Å². The molecule has 32 heavy (non-hydrogen) atoms. The number of methoxy groups -OCH3 is 1. The number of hydrogen-bond acceptors (Lipinski definition) is 4. The molecule has 5 aliphatic carbocycles. The van der Waals surface area contributed by atoms with Crippen molar-refractivity contribution in [3.05, 3.63) is 24.0 Å². The Morgan fingerprint density at radius 1 is 1.12 bits per heavy atom. The van der Waals surface area contributed by atoms with E-state index in [0.717, 1.165) is 35.0 Å². The van der Waals surface area contributed by atoms with E-state index in [1.807, 2.05) is 13.2 Å². The van der Waals surface area contributed by atoms with Crippen LogP contribution < -0.4 is 4.74 Å². The average molecular weight is 440 g/mol. The summed E-state index contributed by atoms with van der Waals surface area (Å²) >= 11 is 0. The second kappa shape index (κ2) is 7.18. The summed E-state index contributed by atoms with van der Waals surface area (Å²) in [5, 5.41) is 9.46. The van der Waals surface area contributed by atoms with Crippen LogP contribution in [-0.2, 0) is 11.3 Å². The fourth-order valence-electron chi connectivity index (χ4n) is 10.3. The lowest BCUT2D eigenvalue weighted by molar-refractivity contribution is -0.162. The Labute approximate surface area is 193 Å². The van der Waals surface area contributed by atoms with Crippen molar-refractivity contribution in [3.63, 3.8) is 0 Å². The van der Waals surface area contributed by atoms with Gasteiger partial charge in [0.25, 0.3) is 0 Å². The molecule has 1 heterocycles. The number of aliphatic hydroxyl groups excluding tert-OH is 1. The molecule has 1 aromatic heterocycles. The van der Waals surface area contributed by atoms with Gasteiger partial charge in [-0.2, -0.15) is 0 Å². The topological polar surface area (TPSA) is 51.6 Å². The summed E-state index contributed by atoms with van der Waals surface area (Å²) in [6, 6.07) is 1.94. The summed E-state index contributed by atoms with van der Waals surface area (Å²) in [4.78, 5) is 4.26. The molecule has 5 aliphatic rings. The number of fused-ring (bicyclic) bond motifs is 4. The van der Waals surface area contributed by atoms with Crippen molar-refractivity contribution in [2.45, 2.75) is 91.0 Å². The second-order valence-corrected chi connectivity index (χ2v) is 12.5. The monoisotopic (exact) mass is 439 g/mol. The van der Waals surface area contributed by atoms with E-state index in [4.69, 9.17) is 9.47 Å². The van der Waals surface area contributed by atoms with Gasteiger partial charge in [-0.25, -0.2) is 0 Å². The number of pyridine rings is 1. The van der Waals surface area contributed by atoms with Gasteiger partial charge in [0.2, 0.25) is 0 Å². The molecule has 176 valence electrons. The predicted molar refractivity (Wildman–Crippen MR) is 124 cm³/mol. The van der Waals surface area contributed by atoms with Crippen molar-refractivity contribution in [1.29, 1.82) is 0 Å². The Morgan fingerprint density at radius 2 is 1.97 bits per heavy atom. The first-order valence-corrected chi connectivity index (χ1v) is 13.1. The maximum Gasteiger partial charge on any atom is 0.138 e. The number of hydrogen-bond donors (Lipinski definition) is 1. The highest BCUT2D eigenvalue weighted by Crippen LogP contribution is 2.82. The molecule has 5 saturated carbocycles. The minimum Gasteiger partial charge on any atom is -0.489 e. The molecule has 1 aromatic rings. The smallest absolute Gasteiger partial charge is 0.138 e. The molecular weight excluding hydrogens is 398 g/mol. The minimum atomic E-state index is 0.00660. The van der Waals surface area contributed by atoms with Crippen LogP contribution in [0.3, 0.4) is 0 Å². The van der Waals surface area contributed by atoms with Gasteiger partial charge in [0, 0.05) is 24.6 Å². The van der Waals surface area contributed by atoms with Gasteiger partial charge in [0.05, 0.1) is 25.0 Å². The molecule has 0 aromatic carbocycles. The molecule has 4 nitrogen and oxygen atoms in total. The molecule has 2 unspecified atom stereocenters. The SMILES string of the molecule is COC1C[C@H]2[C@@H]3CC[C@H]([C@H](C)Oc4cncc(CO)c4)[C@@]3(C)CC[C@@H]2[C@@]2(C)CC[C@@H]3CC132. The molecule has 5 fully saturated rings. The summed E-state index contributed by atoms with van der Waals surface area (Å²) in [6.07, 6.45) is 15.1. The van der Waals surface area contributed by atoms with Crippen molar-refractivity contribution >= 4 is 0 Å². The number of aliphatic hydroxyl groups is 1. The summed E-state index contributed by atoms with van der Waals surface area (Å²) in [7, 11) is 1.98. The molecule has 10 atom stereocenters.